The first kappa shape index (κ1) is 33.3. The molecule has 15 heteroatoms. The van der Waals surface area contributed by atoms with Crippen LogP contribution in [0.3, 0.4) is 0 Å². The summed E-state index contributed by atoms with van der Waals surface area (Å²) >= 11 is 0. The lowest BCUT2D eigenvalue weighted by Gasteiger charge is -2.26. The Balaban J connectivity index is 2.34. The maximum atomic E-state index is 13.6. The molecule has 0 fully saturated rings. The van der Waals surface area contributed by atoms with Crippen molar-refractivity contribution < 1.29 is 39.0 Å². The minimum atomic E-state index is -1.29. The van der Waals surface area contributed by atoms with Gasteiger partial charge in [0.2, 0.25) is 29.5 Å². The number of phenols is 1. The fourth-order valence-electron chi connectivity index (χ4n) is 4.01. The van der Waals surface area contributed by atoms with Crippen LogP contribution < -0.4 is 27.0 Å². The number of benzene rings is 1. The minimum Gasteiger partial charge on any atom is -0.508 e. The molecule has 0 bridgehead atoms. The van der Waals surface area contributed by atoms with Crippen molar-refractivity contribution in [2.75, 3.05) is 0 Å². The number of nitrogens with zero attached hydrogens (tertiary/aromatic N) is 1. The molecule has 0 radical (unpaired) electrons. The SMILES string of the molecule is CC(=O)N[C@@H](CCC(N)=O)C(=O)N[C@@H](Cc1c[nH]cn1)C(=O)N[C@@H](Cc1ccc(O)cc1)C(=O)N[C@H](C(=O)O)C(C)C. The van der Waals surface area contributed by atoms with Gasteiger partial charge in [-0.05, 0) is 30.0 Å². The molecule has 0 aliphatic rings. The van der Waals surface area contributed by atoms with Crippen LogP contribution in [0.5, 0.6) is 5.75 Å². The van der Waals surface area contributed by atoms with Crippen LogP contribution in [0.4, 0.5) is 0 Å². The zero-order valence-corrected chi connectivity index (χ0v) is 23.5. The highest BCUT2D eigenvalue weighted by molar-refractivity contribution is 5.95. The van der Waals surface area contributed by atoms with E-state index in [2.05, 4.69) is 31.2 Å². The Labute approximate surface area is 242 Å². The summed E-state index contributed by atoms with van der Waals surface area (Å²) in [7, 11) is 0. The first-order valence-electron chi connectivity index (χ1n) is 13.2. The van der Waals surface area contributed by atoms with Crippen molar-refractivity contribution in [2.24, 2.45) is 11.7 Å². The van der Waals surface area contributed by atoms with Gasteiger partial charge in [-0.2, -0.15) is 0 Å². The molecule has 2 aromatic rings. The molecule has 1 heterocycles. The van der Waals surface area contributed by atoms with Gasteiger partial charge in [0.05, 0.1) is 12.0 Å². The molecule has 0 aliphatic heterocycles. The molecule has 0 spiro atoms. The number of aliphatic carboxylic acids is 1. The molecule has 42 heavy (non-hydrogen) atoms. The highest BCUT2D eigenvalue weighted by Gasteiger charge is 2.32. The summed E-state index contributed by atoms with van der Waals surface area (Å²) in [5.74, 6) is -5.30. The number of primary amides is 1. The first-order valence-corrected chi connectivity index (χ1v) is 13.2. The Morgan fingerprint density at radius 3 is 1.95 bits per heavy atom. The smallest absolute Gasteiger partial charge is 0.326 e. The zero-order valence-electron chi connectivity index (χ0n) is 23.5. The molecule has 0 saturated carbocycles. The number of hydrogen-bond donors (Lipinski definition) is 8. The Kier molecular flexibility index (Phi) is 12.5. The number of carboxylic acids is 1. The summed E-state index contributed by atoms with van der Waals surface area (Å²) in [6, 6.07) is 0.896. The van der Waals surface area contributed by atoms with E-state index in [-0.39, 0.29) is 31.4 Å². The number of aromatic amines is 1. The van der Waals surface area contributed by atoms with E-state index in [1.165, 1.54) is 31.6 Å². The van der Waals surface area contributed by atoms with Crippen molar-refractivity contribution in [2.45, 2.75) is 70.6 Å². The van der Waals surface area contributed by atoms with Gasteiger partial charge in [0, 0.05) is 32.4 Å². The second-order valence-corrected chi connectivity index (χ2v) is 10.1. The number of carbonyl (C=O) groups excluding carboxylic acids is 5. The highest BCUT2D eigenvalue weighted by atomic mass is 16.4. The van der Waals surface area contributed by atoms with Gasteiger partial charge in [0.1, 0.15) is 29.9 Å². The van der Waals surface area contributed by atoms with Gasteiger partial charge < -0.3 is 42.2 Å². The van der Waals surface area contributed by atoms with E-state index in [0.717, 1.165) is 0 Å². The van der Waals surface area contributed by atoms with Crippen molar-refractivity contribution in [1.29, 1.82) is 0 Å². The number of carbonyl (C=O) groups is 6. The van der Waals surface area contributed by atoms with E-state index in [1.54, 1.807) is 26.0 Å². The summed E-state index contributed by atoms with van der Waals surface area (Å²) < 4.78 is 0. The van der Waals surface area contributed by atoms with Gasteiger partial charge in [-0.15, -0.1) is 0 Å². The predicted molar refractivity (Wildman–Crippen MR) is 148 cm³/mol. The number of imidazole rings is 1. The van der Waals surface area contributed by atoms with E-state index in [0.29, 0.717) is 11.3 Å². The van der Waals surface area contributed by atoms with Crippen LogP contribution in [0.2, 0.25) is 0 Å². The number of nitrogens with two attached hydrogens (primary N) is 1. The quantitative estimate of drug-likeness (QED) is 0.118. The monoisotopic (exact) mass is 587 g/mol. The molecular formula is C27H37N7O8. The lowest BCUT2D eigenvalue weighted by Crippen LogP contribution is -2.59. The average Bonchev–Trinajstić information content (AvgIpc) is 3.42. The van der Waals surface area contributed by atoms with Crippen LogP contribution in [0.25, 0.3) is 0 Å². The molecule has 4 atom stereocenters. The number of H-pyrrole nitrogens is 1. The molecule has 9 N–H and O–H groups in total. The number of phenolic OH excluding ortho intramolecular Hbond substituents is 1. The fraction of sp³-hybridized carbons (Fsp3) is 0.444. The molecule has 0 saturated heterocycles. The maximum absolute atomic E-state index is 13.6. The van der Waals surface area contributed by atoms with E-state index in [1.807, 2.05) is 0 Å². The molecule has 1 aromatic carbocycles. The number of hydrogen-bond acceptors (Lipinski definition) is 8. The topological polar surface area (TPSA) is 246 Å². The van der Waals surface area contributed by atoms with Crippen LogP contribution in [-0.2, 0) is 41.6 Å². The molecule has 0 unspecified atom stereocenters. The van der Waals surface area contributed by atoms with Gasteiger partial charge in [-0.25, -0.2) is 9.78 Å². The predicted octanol–water partition coefficient (Wildman–Crippen LogP) is -1.13. The van der Waals surface area contributed by atoms with E-state index in [4.69, 9.17) is 5.73 Å². The van der Waals surface area contributed by atoms with Gasteiger partial charge in [-0.3, -0.25) is 24.0 Å². The number of rotatable bonds is 16. The summed E-state index contributed by atoms with van der Waals surface area (Å²) in [5.41, 5.74) is 6.14. The number of nitrogens with one attached hydrogen (secondary N) is 5. The largest absolute Gasteiger partial charge is 0.508 e. The zero-order chi connectivity index (χ0) is 31.4. The van der Waals surface area contributed by atoms with Crippen molar-refractivity contribution >= 4 is 35.5 Å². The van der Waals surface area contributed by atoms with E-state index in [9.17, 15) is 39.0 Å². The molecule has 1 aromatic heterocycles. The van der Waals surface area contributed by atoms with Crippen LogP contribution >= 0.6 is 0 Å². The molecule has 15 nitrogen and oxygen atoms in total. The van der Waals surface area contributed by atoms with Crippen molar-refractivity contribution in [3.05, 3.63) is 48.0 Å². The number of carboxylic acid groups (broad SMARTS) is 1. The second kappa shape index (κ2) is 15.7. The number of aromatic hydroxyl groups is 1. The van der Waals surface area contributed by atoms with Crippen LogP contribution in [0, 0.1) is 5.92 Å². The standard InChI is InChI=1S/C27H37N7O8/c1-14(2)23(27(41)42)34-26(40)20(10-16-4-6-18(36)7-5-16)32-25(39)21(11-17-12-29-13-30-17)33-24(38)19(31-15(3)35)8-9-22(28)37/h4-7,12-14,19-21,23,36H,8-11H2,1-3H3,(H2,28,37)(H,29,30)(H,31,35)(H,32,39)(H,33,38)(H,34,40)(H,41,42)/t19-,20-,21-,23-/m0/s1. The van der Waals surface area contributed by atoms with Crippen LogP contribution in [-0.4, -0.2) is 79.9 Å². The fourth-order valence-corrected chi connectivity index (χ4v) is 4.01. The normalized spacial score (nSPS) is 13.7. The minimum absolute atomic E-state index is 0.0126. The summed E-state index contributed by atoms with van der Waals surface area (Å²) in [6.45, 7) is 4.42. The number of aromatic nitrogens is 2. The lowest BCUT2D eigenvalue weighted by atomic mass is 10.0. The highest BCUT2D eigenvalue weighted by Crippen LogP contribution is 2.13. The van der Waals surface area contributed by atoms with Crippen molar-refractivity contribution in [1.82, 2.24) is 31.2 Å². The van der Waals surface area contributed by atoms with E-state index >= 15 is 0 Å². The molecule has 0 aliphatic carbocycles. The van der Waals surface area contributed by atoms with Crippen molar-refractivity contribution in [3.63, 3.8) is 0 Å². The van der Waals surface area contributed by atoms with Gasteiger partial charge in [-0.1, -0.05) is 26.0 Å². The summed E-state index contributed by atoms with van der Waals surface area (Å²) in [4.78, 5) is 81.5. The first-order chi connectivity index (χ1) is 19.8. The van der Waals surface area contributed by atoms with Crippen LogP contribution in [0.1, 0.15) is 44.9 Å². The second-order valence-electron chi connectivity index (χ2n) is 10.1. The van der Waals surface area contributed by atoms with E-state index < -0.39 is 65.6 Å². The Bertz CT molecular complexity index is 1250. The summed E-state index contributed by atoms with van der Waals surface area (Å²) in [6.07, 6.45) is 2.38. The third-order valence-corrected chi connectivity index (χ3v) is 6.21. The van der Waals surface area contributed by atoms with Gasteiger partial charge >= 0.3 is 5.97 Å². The average molecular weight is 588 g/mol. The molecule has 2 rings (SSSR count). The molecule has 5 amide bonds. The summed E-state index contributed by atoms with van der Waals surface area (Å²) in [5, 5.41) is 29.2. The van der Waals surface area contributed by atoms with Gasteiger partial charge in [0.15, 0.2) is 0 Å². The molecular weight excluding hydrogens is 550 g/mol. The van der Waals surface area contributed by atoms with Crippen molar-refractivity contribution in [3.8, 4) is 5.75 Å². The maximum Gasteiger partial charge on any atom is 0.326 e. The Morgan fingerprint density at radius 1 is 0.881 bits per heavy atom. The molecule has 228 valence electrons. The third kappa shape index (κ3) is 10.9. The Morgan fingerprint density at radius 2 is 1.45 bits per heavy atom. The van der Waals surface area contributed by atoms with Gasteiger partial charge in [0.25, 0.3) is 0 Å². The lowest BCUT2D eigenvalue weighted by molar-refractivity contribution is -0.143. The third-order valence-electron chi connectivity index (χ3n) is 6.21. The number of amides is 5. The Hall–Kier alpha value is -4.95. The van der Waals surface area contributed by atoms with Crippen LogP contribution in [0.15, 0.2) is 36.8 Å².